The highest BCUT2D eigenvalue weighted by Gasteiger charge is 2.32. The van der Waals surface area contributed by atoms with Gasteiger partial charge in [-0.25, -0.2) is 0 Å². The van der Waals surface area contributed by atoms with Gasteiger partial charge in [-0.3, -0.25) is 9.59 Å². The van der Waals surface area contributed by atoms with Gasteiger partial charge >= 0.3 is 0 Å². The number of hydrogen-bond acceptors (Lipinski definition) is 6. The van der Waals surface area contributed by atoms with Crippen LogP contribution in [0.4, 0.5) is 0 Å². The summed E-state index contributed by atoms with van der Waals surface area (Å²) in [7, 11) is 0. The Kier molecular flexibility index (Phi) is 4.94. The molecule has 1 fully saturated rings. The summed E-state index contributed by atoms with van der Waals surface area (Å²) in [5.74, 6) is 0.391. The van der Waals surface area contributed by atoms with Crippen LogP contribution in [0.5, 0.6) is 5.75 Å². The zero-order valence-electron chi connectivity index (χ0n) is 15.7. The van der Waals surface area contributed by atoms with Gasteiger partial charge in [0.05, 0.1) is 24.3 Å². The van der Waals surface area contributed by atoms with Gasteiger partial charge in [0.1, 0.15) is 28.8 Å². The van der Waals surface area contributed by atoms with E-state index in [-0.39, 0.29) is 23.8 Å². The third-order valence-corrected chi connectivity index (χ3v) is 5.20. The number of rotatable bonds is 6. The van der Waals surface area contributed by atoms with Gasteiger partial charge in [0.2, 0.25) is 0 Å². The third kappa shape index (κ3) is 3.54. The summed E-state index contributed by atoms with van der Waals surface area (Å²) in [6.07, 6.45) is 2.05. The maximum Gasteiger partial charge on any atom is 0.167 e. The van der Waals surface area contributed by atoms with Crippen LogP contribution in [0, 0.1) is 0 Å². The molecule has 1 aliphatic carbocycles. The van der Waals surface area contributed by atoms with Crippen LogP contribution in [0.1, 0.15) is 50.6 Å². The topological polar surface area (TPSA) is 86.5 Å². The maximum atomic E-state index is 12.4. The predicted molar refractivity (Wildman–Crippen MR) is 104 cm³/mol. The van der Waals surface area contributed by atoms with Gasteiger partial charge in [-0.05, 0) is 54.8 Å². The summed E-state index contributed by atoms with van der Waals surface area (Å²) in [5.41, 5.74) is 1.25. The number of aromatic nitrogens is 1. The second-order valence-electron chi connectivity index (χ2n) is 7.32. The zero-order valence-corrected chi connectivity index (χ0v) is 15.7. The highest BCUT2D eigenvalue weighted by molar-refractivity contribution is 6.11. The number of carbonyl (C=O) groups is 3. The van der Waals surface area contributed by atoms with Crippen molar-refractivity contribution in [1.29, 1.82) is 0 Å². The van der Waals surface area contributed by atoms with Gasteiger partial charge in [0.15, 0.2) is 5.58 Å². The van der Waals surface area contributed by atoms with E-state index in [0.29, 0.717) is 43.6 Å². The first-order chi connectivity index (χ1) is 13.5. The van der Waals surface area contributed by atoms with Gasteiger partial charge < -0.3 is 14.1 Å². The van der Waals surface area contributed by atoms with Crippen molar-refractivity contribution in [3.05, 3.63) is 36.0 Å². The minimum atomic E-state index is -0.396. The molecule has 0 spiro atoms. The van der Waals surface area contributed by atoms with Crippen LogP contribution in [0.2, 0.25) is 0 Å². The Morgan fingerprint density at radius 1 is 1.25 bits per heavy atom. The fourth-order valence-electron chi connectivity index (χ4n) is 3.77. The molecule has 0 amide bonds. The monoisotopic (exact) mass is 379 g/mol. The molecule has 2 aromatic carbocycles. The lowest BCUT2D eigenvalue weighted by molar-refractivity contribution is -0.130. The third-order valence-electron chi connectivity index (χ3n) is 5.20. The summed E-state index contributed by atoms with van der Waals surface area (Å²) in [6, 6.07) is 9.52. The Balaban J connectivity index is 1.65. The van der Waals surface area contributed by atoms with E-state index in [1.165, 1.54) is 0 Å². The number of carbonyl (C=O) groups excluding carboxylic acids is 3. The Morgan fingerprint density at radius 2 is 2.11 bits per heavy atom. The van der Waals surface area contributed by atoms with Crippen LogP contribution >= 0.6 is 0 Å². The molecular weight excluding hydrogens is 358 g/mol. The molecule has 1 atom stereocenters. The quantitative estimate of drug-likeness (QED) is 0.473. The number of nitrogens with zero attached hydrogens (tertiary/aromatic N) is 1. The highest BCUT2D eigenvalue weighted by atomic mass is 16.5. The molecule has 1 saturated carbocycles. The lowest BCUT2D eigenvalue weighted by atomic mass is 9.83. The van der Waals surface area contributed by atoms with Crippen LogP contribution in [-0.2, 0) is 14.4 Å². The molecule has 4 rings (SSSR count). The summed E-state index contributed by atoms with van der Waals surface area (Å²) >= 11 is 0. The molecule has 3 aromatic rings. The van der Waals surface area contributed by atoms with Crippen molar-refractivity contribution in [2.24, 2.45) is 0 Å². The van der Waals surface area contributed by atoms with Gasteiger partial charge in [-0.1, -0.05) is 11.2 Å². The molecule has 0 bridgehead atoms. The Labute approximate surface area is 161 Å². The molecule has 6 nitrogen and oxygen atoms in total. The van der Waals surface area contributed by atoms with Crippen molar-refractivity contribution in [3.8, 4) is 5.75 Å². The smallest absolute Gasteiger partial charge is 0.167 e. The second kappa shape index (κ2) is 7.54. The first-order valence-corrected chi connectivity index (χ1v) is 9.51. The summed E-state index contributed by atoms with van der Waals surface area (Å²) in [5, 5.41) is 6.90. The molecule has 6 heteroatoms. The van der Waals surface area contributed by atoms with Crippen LogP contribution in [0.25, 0.3) is 21.7 Å². The van der Waals surface area contributed by atoms with Gasteiger partial charge in [0.25, 0.3) is 0 Å². The second-order valence-corrected chi connectivity index (χ2v) is 7.32. The number of hydrogen-bond donors (Lipinski definition) is 0. The Bertz CT molecular complexity index is 1080. The predicted octanol–water partition coefficient (Wildman–Crippen LogP) is 4.13. The molecule has 28 heavy (non-hydrogen) atoms. The first-order valence-electron chi connectivity index (χ1n) is 9.51. The van der Waals surface area contributed by atoms with Crippen LogP contribution < -0.4 is 4.74 Å². The van der Waals surface area contributed by atoms with E-state index in [0.717, 1.165) is 21.9 Å². The average molecular weight is 379 g/mol. The first kappa shape index (κ1) is 18.3. The molecular formula is C22H21NO5. The average Bonchev–Trinajstić information content (AvgIpc) is 3.09. The van der Waals surface area contributed by atoms with E-state index >= 15 is 0 Å². The SMILES string of the molecule is CC(=O)CCCOc1ccc2c(ccc3onc([C@H]4CCC(=O)CC4=O)c32)c1. The molecule has 1 aliphatic rings. The van der Waals surface area contributed by atoms with Crippen LogP contribution in [-0.4, -0.2) is 29.1 Å². The molecule has 1 heterocycles. The Hall–Kier alpha value is -3.02. The lowest BCUT2D eigenvalue weighted by Crippen LogP contribution is -2.23. The number of ketones is 3. The van der Waals surface area contributed by atoms with E-state index in [1.54, 1.807) is 6.92 Å². The van der Waals surface area contributed by atoms with Gasteiger partial charge in [-0.15, -0.1) is 0 Å². The van der Waals surface area contributed by atoms with Crippen LogP contribution in [0.15, 0.2) is 34.9 Å². The molecule has 144 valence electrons. The normalized spacial score (nSPS) is 17.4. The molecule has 0 saturated heterocycles. The lowest BCUT2D eigenvalue weighted by Gasteiger charge is -2.18. The minimum Gasteiger partial charge on any atom is -0.494 e. The summed E-state index contributed by atoms with van der Waals surface area (Å²) in [6.45, 7) is 2.06. The van der Waals surface area contributed by atoms with Crippen molar-refractivity contribution in [3.63, 3.8) is 0 Å². The largest absolute Gasteiger partial charge is 0.494 e. The number of benzene rings is 2. The van der Waals surface area contributed by atoms with E-state index < -0.39 is 5.92 Å². The molecule has 0 aliphatic heterocycles. The van der Waals surface area contributed by atoms with Crippen molar-refractivity contribution in [2.75, 3.05) is 6.61 Å². The number of ether oxygens (including phenoxy) is 1. The van der Waals surface area contributed by atoms with Crippen molar-refractivity contribution >= 4 is 39.1 Å². The van der Waals surface area contributed by atoms with Crippen molar-refractivity contribution < 1.29 is 23.6 Å². The highest BCUT2D eigenvalue weighted by Crippen LogP contribution is 2.37. The zero-order chi connectivity index (χ0) is 19.7. The van der Waals surface area contributed by atoms with E-state index in [2.05, 4.69) is 5.16 Å². The number of fused-ring (bicyclic) bond motifs is 3. The molecule has 0 radical (unpaired) electrons. The number of Topliss-reactive ketones (excluding diaryl/α,β-unsaturated/α-hetero) is 3. The molecule has 0 unspecified atom stereocenters. The van der Waals surface area contributed by atoms with Gasteiger partial charge in [-0.2, -0.15) is 0 Å². The van der Waals surface area contributed by atoms with E-state index in [1.807, 2.05) is 30.3 Å². The molecule has 1 aromatic heterocycles. The summed E-state index contributed by atoms with van der Waals surface area (Å²) < 4.78 is 11.2. The van der Waals surface area contributed by atoms with Crippen LogP contribution in [0.3, 0.4) is 0 Å². The Morgan fingerprint density at radius 3 is 2.89 bits per heavy atom. The standard InChI is InChI=1S/C22H21NO5/c1-13(24)3-2-10-27-16-6-8-17-14(11-16)4-9-20-21(17)22(23-28-20)18-7-5-15(25)12-19(18)26/h4,6,8-9,11,18H,2-3,5,7,10,12H2,1H3/t18-/m0/s1. The minimum absolute atomic E-state index is 0.00882. The fraction of sp³-hybridized carbons (Fsp3) is 0.364. The van der Waals surface area contributed by atoms with Crippen molar-refractivity contribution in [2.45, 2.75) is 44.9 Å². The summed E-state index contributed by atoms with van der Waals surface area (Å²) in [4.78, 5) is 35.0. The molecule has 0 N–H and O–H groups in total. The van der Waals surface area contributed by atoms with Crippen molar-refractivity contribution in [1.82, 2.24) is 5.16 Å². The van der Waals surface area contributed by atoms with E-state index in [4.69, 9.17) is 9.26 Å². The fourth-order valence-corrected chi connectivity index (χ4v) is 3.77. The van der Waals surface area contributed by atoms with E-state index in [9.17, 15) is 14.4 Å². The van der Waals surface area contributed by atoms with Gasteiger partial charge in [0, 0.05) is 12.8 Å². The maximum absolute atomic E-state index is 12.4.